The van der Waals surface area contributed by atoms with Crippen molar-refractivity contribution in [1.29, 1.82) is 0 Å². The van der Waals surface area contributed by atoms with Gasteiger partial charge in [-0.05, 0) is 23.6 Å². The number of aromatic nitrogens is 2. The highest BCUT2D eigenvalue weighted by Crippen LogP contribution is 2.25. The summed E-state index contributed by atoms with van der Waals surface area (Å²) in [6.45, 7) is 3.28. The average Bonchev–Trinajstić information content (AvgIpc) is 3.35. The molecule has 8 heteroatoms. The van der Waals surface area contributed by atoms with Crippen molar-refractivity contribution in [3.63, 3.8) is 0 Å². The summed E-state index contributed by atoms with van der Waals surface area (Å²) in [6, 6.07) is 13.9. The van der Waals surface area contributed by atoms with Crippen molar-refractivity contribution in [1.82, 2.24) is 15.5 Å². The summed E-state index contributed by atoms with van der Waals surface area (Å²) in [4.78, 5) is 12.0. The third kappa shape index (κ3) is 5.60. The smallest absolute Gasteiger partial charge is 0.230 e. The van der Waals surface area contributed by atoms with Crippen LogP contribution in [0.15, 0.2) is 57.5 Å². The van der Waals surface area contributed by atoms with Gasteiger partial charge in [-0.15, -0.1) is 10.2 Å². The molecule has 0 radical (unpaired) electrons. The van der Waals surface area contributed by atoms with Crippen molar-refractivity contribution in [3.8, 4) is 0 Å². The van der Waals surface area contributed by atoms with Crippen molar-refractivity contribution in [2.24, 2.45) is 0 Å². The second-order valence-corrected chi connectivity index (χ2v) is 7.91. The number of furan rings is 1. The van der Waals surface area contributed by atoms with Gasteiger partial charge in [0, 0.05) is 6.54 Å². The lowest BCUT2D eigenvalue weighted by atomic mass is 10.0. The quantitative estimate of drug-likeness (QED) is 0.544. The van der Waals surface area contributed by atoms with Crippen LogP contribution in [0.4, 0.5) is 5.13 Å². The van der Waals surface area contributed by atoms with E-state index in [9.17, 15) is 4.79 Å². The molecule has 1 amide bonds. The minimum atomic E-state index is -0.00178. The van der Waals surface area contributed by atoms with Gasteiger partial charge in [-0.3, -0.25) is 4.79 Å². The summed E-state index contributed by atoms with van der Waals surface area (Å²) in [5.41, 5.74) is 1.22. The van der Waals surface area contributed by atoms with Crippen molar-refractivity contribution in [2.75, 3.05) is 17.6 Å². The third-order valence-electron chi connectivity index (χ3n) is 3.70. The van der Waals surface area contributed by atoms with Crippen LogP contribution in [0.1, 0.15) is 24.2 Å². The number of carbonyl (C=O) groups excluding carboxylic acids is 1. The maximum atomic E-state index is 12.0. The lowest BCUT2D eigenvalue weighted by Gasteiger charge is -2.12. The monoisotopic (exact) mass is 388 g/mol. The number of amides is 1. The Morgan fingerprint density at radius 3 is 2.85 bits per heavy atom. The maximum Gasteiger partial charge on any atom is 0.230 e. The van der Waals surface area contributed by atoms with Gasteiger partial charge in [-0.25, -0.2) is 0 Å². The summed E-state index contributed by atoms with van der Waals surface area (Å²) in [7, 11) is 0. The number of rotatable bonds is 9. The minimum Gasteiger partial charge on any atom is -0.467 e. The fourth-order valence-electron chi connectivity index (χ4n) is 2.26. The molecule has 0 aliphatic carbocycles. The zero-order chi connectivity index (χ0) is 18.2. The van der Waals surface area contributed by atoms with Gasteiger partial charge >= 0.3 is 0 Å². The molecule has 3 rings (SSSR count). The van der Waals surface area contributed by atoms with Crippen LogP contribution in [-0.2, 0) is 11.3 Å². The van der Waals surface area contributed by atoms with E-state index in [4.69, 9.17) is 4.42 Å². The number of thioether (sulfide) groups is 1. The third-order valence-corrected chi connectivity index (χ3v) is 5.72. The van der Waals surface area contributed by atoms with Crippen LogP contribution in [0.5, 0.6) is 0 Å². The number of nitrogens with zero attached hydrogens (tertiary/aromatic N) is 2. The van der Waals surface area contributed by atoms with E-state index >= 15 is 0 Å². The van der Waals surface area contributed by atoms with E-state index in [-0.39, 0.29) is 11.8 Å². The molecule has 0 spiro atoms. The second kappa shape index (κ2) is 9.40. The molecular formula is C18H20N4O2S2. The second-order valence-electron chi connectivity index (χ2n) is 5.71. The number of benzene rings is 1. The lowest BCUT2D eigenvalue weighted by molar-refractivity contribution is -0.118. The fraction of sp³-hybridized carbons (Fsp3) is 0.278. The Balaban J connectivity index is 1.38. The molecule has 0 aliphatic rings. The molecule has 0 saturated heterocycles. The van der Waals surface area contributed by atoms with E-state index in [1.165, 1.54) is 28.7 Å². The van der Waals surface area contributed by atoms with E-state index in [0.29, 0.717) is 24.0 Å². The standard InChI is InChI=1S/C18H20N4O2S2/c1-13(14-6-3-2-4-7-14)10-19-16(23)12-25-18-22-21-17(26-18)20-11-15-8-5-9-24-15/h2-9,13H,10-12H2,1H3,(H,19,23)(H,20,21)/t13-/m0/s1. The highest BCUT2D eigenvalue weighted by molar-refractivity contribution is 8.01. The molecule has 136 valence electrons. The molecular weight excluding hydrogens is 368 g/mol. The average molecular weight is 389 g/mol. The fourth-order valence-corrected chi connectivity index (χ4v) is 3.84. The number of carbonyl (C=O) groups is 1. The molecule has 26 heavy (non-hydrogen) atoms. The van der Waals surface area contributed by atoms with E-state index in [2.05, 4.69) is 39.9 Å². The molecule has 3 aromatic rings. The highest BCUT2D eigenvalue weighted by atomic mass is 32.2. The zero-order valence-corrected chi connectivity index (χ0v) is 16.0. The zero-order valence-electron chi connectivity index (χ0n) is 14.3. The van der Waals surface area contributed by atoms with Gasteiger partial charge in [0.05, 0.1) is 18.6 Å². The van der Waals surface area contributed by atoms with Crippen molar-refractivity contribution >= 4 is 34.1 Å². The molecule has 1 aromatic carbocycles. The van der Waals surface area contributed by atoms with Gasteiger partial charge in [0.2, 0.25) is 11.0 Å². The number of anilines is 1. The molecule has 1 atom stereocenters. The molecule has 0 bridgehead atoms. The molecule has 0 unspecified atom stereocenters. The maximum absolute atomic E-state index is 12.0. The van der Waals surface area contributed by atoms with Crippen LogP contribution in [0.2, 0.25) is 0 Å². The predicted molar refractivity (Wildman–Crippen MR) is 105 cm³/mol. The van der Waals surface area contributed by atoms with Crippen molar-refractivity contribution < 1.29 is 9.21 Å². The van der Waals surface area contributed by atoms with E-state index in [0.717, 1.165) is 10.1 Å². The van der Waals surface area contributed by atoms with Gasteiger partial charge in [-0.1, -0.05) is 60.4 Å². The summed E-state index contributed by atoms with van der Waals surface area (Å²) < 4.78 is 6.02. The molecule has 0 saturated carbocycles. The Hall–Kier alpha value is -2.32. The first-order valence-corrected chi connectivity index (χ1v) is 10.0. The molecule has 0 aliphatic heterocycles. The van der Waals surface area contributed by atoms with Gasteiger partial charge < -0.3 is 15.1 Å². The van der Waals surface area contributed by atoms with Crippen LogP contribution >= 0.6 is 23.1 Å². The normalized spacial score (nSPS) is 11.9. The first kappa shape index (κ1) is 18.5. The number of hydrogen-bond donors (Lipinski definition) is 2. The van der Waals surface area contributed by atoms with Gasteiger partial charge in [-0.2, -0.15) is 0 Å². The van der Waals surface area contributed by atoms with Crippen molar-refractivity contribution in [2.45, 2.75) is 23.7 Å². The number of hydrogen-bond acceptors (Lipinski definition) is 7. The minimum absolute atomic E-state index is 0.00178. The topological polar surface area (TPSA) is 80.0 Å². The van der Waals surface area contributed by atoms with Crippen LogP contribution < -0.4 is 10.6 Å². The van der Waals surface area contributed by atoms with E-state index < -0.39 is 0 Å². The molecule has 2 N–H and O–H groups in total. The number of nitrogens with one attached hydrogen (secondary N) is 2. The molecule has 0 fully saturated rings. The van der Waals surface area contributed by atoms with Crippen LogP contribution in [-0.4, -0.2) is 28.4 Å². The van der Waals surface area contributed by atoms with Crippen LogP contribution in [0.3, 0.4) is 0 Å². The molecule has 6 nitrogen and oxygen atoms in total. The van der Waals surface area contributed by atoms with Gasteiger partial charge in [0.15, 0.2) is 4.34 Å². The molecule has 2 heterocycles. The Kier molecular flexibility index (Phi) is 6.68. The first-order valence-electron chi connectivity index (χ1n) is 8.25. The van der Waals surface area contributed by atoms with Crippen LogP contribution in [0, 0.1) is 0 Å². The Labute approximate surface area is 160 Å². The Bertz CT molecular complexity index is 806. The van der Waals surface area contributed by atoms with E-state index in [1.807, 2.05) is 30.3 Å². The Morgan fingerprint density at radius 1 is 1.23 bits per heavy atom. The van der Waals surface area contributed by atoms with E-state index in [1.54, 1.807) is 6.26 Å². The SMILES string of the molecule is C[C@@H](CNC(=O)CSc1nnc(NCc2ccco2)s1)c1ccccc1. The summed E-state index contributed by atoms with van der Waals surface area (Å²) in [6.07, 6.45) is 1.63. The highest BCUT2D eigenvalue weighted by Gasteiger charge is 2.10. The largest absolute Gasteiger partial charge is 0.467 e. The lowest BCUT2D eigenvalue weighted by Crippen LogP contribution is -2.28. The molecule has 2 aromatic heterocycles. The summed E-state index contributed by atoms with van der Waals surface area (Å²) in [5, 5.41) is 15.0. The predicted octanol–water partition coefficient (Wildman–Crippen LogP) is 3.76. The summed E-state index contributed by atoms with van der Waals surface area (Å²) in [5.74, 6) is 1.44. The Morgan fingerprint density at radius 2 is 2.08 bits per heavy atom. The van der Waals surface area contributed by atoms with Crippen molar-refractivity contribution in [3.05, 3.63) is 60.1 Å². The summed E-state index contributed by atoms with van der Waals surface area (Å²) >= 11 is 2.82. The van der Waals surface area contributed by atoms with Crippen LogP contribution in [0.25, 0.3) is 0 Å². The van der Waals surface area contributed by atoms with Gasteiger partial charge in [0.25, 0.3) is 0 Å². The van der Waals surface area contributed by atoms with Gasteiger partial charge in [0.1, 0.15) is 5.76 Å². The first-order chi connectivity index (χ1) is 12.7.